The van der Waals surface area contributed by atoms with Crippen LogP contribution in [0.2, 0.25) is 0 Å². The summed E-state index contributed by atoms with van der Waals surface area (Å²) in [5.41, 5.74) is 10.5. The van der Waals surface area contributed by atoms with Gasteiger partial charge in [-0.3, -0.25) is 19.4 Å². The molecule has 0 unspecified atom stereocenters. The Morgan fingerprint density at radius 2 is 1.75 bits per heavy atom. The summed E-state index contributed by atoms with van der Waals surface area (Å²) in [5, 5.41) is 10.9. The van der Waals surface area contributed by atoms with Crippen LogP contribution in [0, 0.1) is 6.92 Å². The van der Waals surface area contributed by atoms with E-state index in [2.05, 4.69) is 29.5 Å². The Kier molecular flexibility index (Phi) is 10.4. The van der Waals surface area contributed by atoms with Gasteiger partial charge in [0.25, 0.3) is 11.8 Å². The maximum absolute atomic E-state index is 13.5. The van der Waals surface area contributed by atoms with Crippen molar-refractivity contribution in [3.63, 3.8) is 0 Å². The number of unbranched alkanes of at least 4 members (excludes halogenated alkanes) is 2. The summed E-state index contributed by atoms with van der Waals surface area (Å²) in [6.45, 7) is 6.09. The van der Waals surface area contributed by atoms with E-state index in [1.165, 1.54) is 17.3 Å². The number of aryl methyl sites for hydroxylation is 1. The fourth-order valence-electron chi connectivity index (χ4n) is 4.74. The number of hydrogen-bond donors (Lipinski definition) is 2. The lowest BCUT2D eigenvalue weighted by molar-refractivity contribution is -0.145. The first-order valence-corrected chi connectivity index (χ1v) is 13.3. The molecule has 0 atom stereocenters. The summed E-state index contributed by atoms with van der Waals surface area (Å²) >= 11 is 0. The van der Waals surface area contributed by atoms with Gasteiger partial charge in [-0.2, -0.15) is 5.10 Å². The number of carbonyl (C=O) groups excluding carboxylic acids is 3. The van der Waals surface area contributed by atoms with Gasteiger partial charge in [0.2, 0.25) is 5.91 Å². The topological polar surface area (TPSA) is 117 Å². The lowest BCUT2D eigenvalue weighted by Gasteiger charge is -2.32. The van der Waals surface area contributed by atoms with E-state index in [0.29, 0.717) is 25.2 Å². The number of nitrogens with one attached hydrogen (secondary N) is 1. The van der Waals surface area contributed by atoms with Crippen molar-refractivity contribution >= 4 is 23.4 Å². The van der Waals surface area contributed by atoms with Crippen molar-refractivity contribution in [1.29, 1.82) is 0 Å². The Morgan fingerprint density at radius 1 is 1.05 bits per heavy atom. The van der Waals surface area contributed by atoms with Gasteiger partial charge >= 0.3 is 0 Å². The van der Waals surface area contributed by atoms with Gasteiger partial charge in [-0.05, 0) is 48.2 Å². The predicted molar refractivity (Wildman–Crippen MR) is 157 cm³/mol. The zero-order valence-corrected chi connectivity index (χ0v) is 22.9. The lowest BCUT2D eigenvalue weighted by atomic mass is 10.1. The van der Waals surface area contributed by atoms with Crippen LogP contribution in [0.15, 0.2) is 54.9 Å². The van der Waals surface area contributed by atoms with Crippen LogP contribution in [0.3, 0.4) is 0 Å². The minimum Gasteiger partial charge on any atom is -0.366 e. The van der Waals surface area contributed by atoms with Gasteiger partial charge in [0.1, 0.15) is 0 Å². The molecule has 3 amide bonds. The monoisotopic (exact) mass is 547 g/mol. The highest BCUT2D eigenvalue weighted by molar-refractivity contribution is 5.92. The number of fused-ring (bicyclic) bond motifs is 1. The van der Waals surface area contributed by atoms with E-state index in [1.807, 2.05) is 47.2 Å². The zero-order chi connectivity index (χ0) is 27.9. The van der Waals surface area contributed by atoms with Crippen LogP contribution in [0.4, 0.5) is 5.69 Å². The first-order chi connectivity index (χ1) is 18.8. The molecule has 1 aromatic heterocycles. The van der Waals surface area contributed by atoms with E-state index >= 15 is 0 Å². The quantitative estimate of drug-likeness (QED) is 0.336. The van der Waals surface area contributed by atoms with Crippen LogP contribution in [0.1, 0.15) is 60.7 Å². The third kappa shape index (κ3) is 7.26. The van der Waals surface area contributed by atoms with Crippen molar-refractivity contribution in [2.45, 2.75) is 53.6 Å². The number of nitrogens with zero attached hydrogens (tertiary/aromatic N) is 5. The molecule has 3 aromatic rings. The van der Waals surface area contributed by atoms with E-state index in [-0.39, 0.29) is 32.3 Å². The molecule has 0 saturated heterocycles. The highest BCUT2D eigenvalue weighted by Crippen LogP contribution is 2.25. The summed E-state index contributed by atoms with van der Waals surface area (Å²) in [4.78, 5) is 39.6. The molecule has 3 N–H and O–H groups in total. The number of primary amides is 1. The zero-order valence-electron chi connectivity index (χ0n) is 22.9. The Bertz CT molecular complexity index is 1310. The number of amides is 3. The average molecular weight is 548 g/mol. The van der Waals surface area contributed by atoms with Crippen LogP contribution in [-0.2, 0) is 22.7 Å². The molecule has 1 aliphatic rings. The molecule has 1 aliphatic heterocycles. The van der Waals surface area contributed by atoms with Gasteiger partial charge in [0.15, 0.2) is 0 Å². The number of aromatic nitrogens is 2. The van der Waals surface area contributed by atoms with Crippen molar-refractivity contribution in [3.05, 3.63) is 77.1 Å². The van der Waals surface area contributed by atoms with Crippen molar-refractivity contribution in [3.8, 4) is 5.69 Å². The molecule has 0 saturated carbocycles. The van der Waals surface area contributed by atoms with E-state index in [1.54, 1.807) is 22.9 Å². The summed E-state index contributed by atoms with van der Waals surface area (Å²) < 4.78 is 1.58. The number of anilines is 1. The average Bonchev–Trinajstić information content (AvgIpc) is 3.58. The van der Waals surface area contributed by atoms with Crippen LogP contribution in [0.5, 0.6) is 0 Å². The van der Waals surface area contributed by atoms with Gasteiger partial charge in [-0.1, -0.05) is 51.5 Å². The number of hydrogen-bond acceptors (Lipinski definition) is 6. The van der Waals surface area contributed by atoms with Crippen LogP contribution in [-0.4, -0.2) is 64.2 Å². The van der Waals surface area contributed by atoms with Crippen LogP contribution < -0.4 is 16.0 Å². The summed E-state index contributed by atoms with van der Waals surface area (Å²) in [5.74, 6) is -0.783. The highest BCUT2D eigenvalue weighted by Gasteiger charge is 2.27. The first-order valence-electron chi connectivity index (χ1n) is 13.3. The molecule has 0 fully saturated rings. The Balaban J connectivity index is 0.00000441. The SMILES string of the molecule is C.CCCCCNC(=O)CN(CC(=O)N(C)N1Cc2ccccc2C1)c1ccc(-n2cc(C(N)=O)cn2)cc1C. The molecular weight excluding hydrogens is 506 g/mol. The molecule has 4 rings (SSSR count). The third-order valence-corrected chi connectivity index (χ3v) is 7.03. The fraction of sp³-hybridized carbons (Fsp3) is 0.400. The largest absolute Gasteiger partial charge is 0.366 e. The number of benzene rings is 2. The molecule has 2 aromatic carbocycles. The number of carbonyl (C=O) groups is 3. The molecule has 2 heterocycles. The van der Waals surface area contributed by atoms with E-state index < -0.39 is 5.91 Å². The molecule has 0 spiro atoms. The van der Waals surface area contributed by atoms with Crippen molar-refractivity contribution in [2.24, 2.45) is 5.73 Å². The Labute approximate surface area is 236 Å². The Hall–Kier alpha value is -4.18. The maximum Gasteiger partial charge on any atom is 0.256 e. The molecule has 214 valence electrons. The molecule has 10 nitrogen and oxygen atoms in total. The standard InChI is InChI=1S/C29H37N7O3.CH4/c1-4-5-8-13-31-27(37)19-34(20-28(38)33(3)35-16-22-9-6-7-10-23(22)17-35)26-12-11-25(14-21(26)2)36-18-24(15-32-36)29(30)39;/h6-7,9-12,14-15,18H,4-5,8,13,16-17,19-20H2,1-3H3,(H2,30,39)(H,31,37);1H4. The first kappa shape index (κ1) is 30.4. The predicted octanol–water partition coefficient (Wildman–Crippen LogP) is 3.42. The van der Waals surface area contributed by atoms with Crippen LogP contribution >= 0.6 is 0 Å². The molecule has 0 aliphatic carbocycles. The molecular formula is C30H41N7O3. The minimum atomic E-state index is -0.547. The van der Waals surface area contributed by atoms with Crippen molar-refractivity contribution < 1.29 is 14.4 Å². The van der Waals surface area contributed by atoms with Gasteiger partial charge in [-0.25, -0.2) is 9.69 Å². The Morgan fingerprint density at radius 3 is 2.35 bits per heavy atom. The summed E-state index contributed by atoms with van der Waals surface area (Å²) in [7, 11) is 1.78. The maximum atomic E-state index is 13.5. The molecule has 0 radical (unpaired) electrons. The molecule has 0 bridgehead atoms. The molecule has 10 heteroatoms. The van der Waals surface area contributed by atoms with E-state index in [0.717, 1.165) is 36.2 Å². The number of rotatable bonds is 12. The molecule has 40 heavy (non-hydrogen) atoms. The smallest absolute Gasteiger partial charge is 0.256 e. The number of nitrogens with two attached hydrogens (primary N) is 1. The lowest BCUT2D eigenvalue weighted by Crippen LogP contribution is -2.48. The van der Waals surface area contributed by atoms with Crippen molar-refractivity contribution in [1.82, 2.24) is 25.1 Å². The van der Waals surface area contributed by atoms with Crippen LogP contribution in [0.25, 0.3) is 5.69 Å². The number of hydrazine groups is 1. The second kappa shape index (κ2) is 13.7. The number of likely N-dealkylation sites (N-methyl/N-ethyl adjacent to an activating group) is 1. The second-order valence-electron chi connectivity index (χ2n) is 9.93. The van der Waals surface area contributed by atoms with Gasteiger partial charge in [-0.15, -0.1) is 0 Å². The normalized spacial score (nSPS) is 12.4. The minimum absolute atomic E-state index is 0. The second-order valence-corrected chi connectivity index (χ2v) is 9.93. The third-order valence-electron chi connectivity index (χ3n) is 7.03. The summed E-state index contributed by atoms with van der Waals surface area (Å²) in [6, 6.07) is 13.8. The van der Waals surface area contributed by atoms with E-state index in [4.69, 9.17) is 5.73 Å². The highest BCUT2D eigenvalue weighted by atomic mass is 16.2. The summed E-state index contributed by atoms with van der Waals surface area (Å²) in [6.07, 6.45) is 6.05. The van der Waals surface area contributed by atoms with Gasteiger partial charge in [0, 0.05) is 38.6 Å². The van der Waals surface area contributed by atoms with E-state index in [9.17, 15) is 14.4 Å². The van der Waals surface area contributed by atoms with Gasteiger partial charge in [0.05, 0.1) is 30.5 Å². The van der Waals surface area contributed by atoms with Gasteiger partial charge < -0.3 is 16.0 Å². The van der Waals surface area contributed by atoms with Crippen molar-refractivity contribution in [2.75, 3.05) is 31.6 Å². The fourth-order valence-corrected chi connectivity index (χ4v) is 4.74.